The molecule has 0 unspecified atom stereocenters. The van der Waals surface area contributed by atoms with Crippen molar-refractivity contribution in [1.82, 2.24) is 10.2 Å². The zero-order chi connectivity index (χ0) is 9.19. The third kappa shape index (κ3) is 1.55. The third-order valence-corrected chi connectivity index (χ3v) is 1.92. The van der Waals surface area contributed by atoms with Gasteiger partial charge in [0.15, 0.2) is 0 Å². The molecule has 0 fully saturated rings. The van der Waals surface area contributed by atoms with Gasteiger partial charge in [0.1, 0.15) is 6.07 Å². The van der Waals surface area contributed by atoms with Crippen LogP contribution in [0, 0.1) is 11.3 Å². The van der Waals surface area contributed by atoms with Crippen LogP contribution in [0.25, 0.3) is 0 Å². The lowest BCUT2D eigenvalue weighted by molar-refractivity contribution is 0.591. The van der Waals surface area contributed by atoms with Crippen LogP contribution in [0.4, 0.5) is 0 Å². The minimum absolute atomic E-state index is 0.104. The van der Waals surface area contributed by atoms with Crippen LogP contribution in [-0.4, -0.2) is 18.6 Å². The van der Waals surface area contributed by atoms with E-state index in [0.29, 0.717) is 0 Å². The number of nitrogens with zero attached hydrogens (tertiary/aromatic N) is 3. The maximum absolute atomic E-state index is 10.7. The predicted octanol–water partition coefficient (Wildman–Crippen LogP) is -1.00. The van der Waals surface area contributed by atoms with Gasteiger partial charge >= 0.3 is 0 Å². The summed E-state index contributed by atoms with van der Waals surface area (Å²) in [5, 5.41) is 19.2. The van der Waals surface area contributed by atoms with E-state index in [0.717, 1.165) is 0 Å². The minimum atomic E-state index is -3.94. The van der Waals surface area contributed by atoms with Crippen LogP contribution in [0.3, 0.4) is 0 Å². The number of primary sulfonamides is 1. The van der Waals surface area contributed by atoms with Crippen LogP contribution < -0.4 is 5.14 Å². The van der Waals surface area contributed by atoms with Crippen molar-refractivity contribution < 1.29 is 8.42 Å². The lowest BCUT2D eigenvalue weighted by atomic mass is 10.3. The number of nitriles is 1. The van der Waals surface area contributed by atoms with E-state index in [2.05, 4.69) is 10.2 Å². The summed E-state index contributed by atoms with van der Waals surface area (Å²) >= 11 is 0. The molecule has 0 spiro atoms. The lowest BCUT2D eigenvalue weighted by Gasteiger charge is -1.95. The van der Waals surface area contributed by atoms with Gasteiger partial charge in [0, 0.05) is 0 Å². The second-order valence-electron chi connectivity index (χ2n) is 1.91. The number of hydrogen-bond donors (Lipinski definition) is 1. The molecule has 0 aliphatic rings. The van der Waals surface area contributed by atoms with Gasteiger partial charge in [-0.1, -0.05) is 0 Å². The van der Waals surface area contributed by atoms with E-state index in [1.54, 1.807) is 6.07 Å². The average molecular weight is 184 g/mol. The molecule has 0 saturated heterocycles. The smallest absolute Gasteiger partial charge is 0.223 e. The fourth-order valence-electron chi connectivity index (χ4n) is 0.614. The first-order chi connectivity index (χ1) is 5.55. The van der Waals surface area contributed by atoms with Crippen LogP contribution in [0.15, 0.2) is 17.3 Å². The lowest BCUT2D eigenvalue weighted by Crippen LogP contribution is -2.16. The van der Waals surface area contributed by atoms with Gasteiger partial charge in [-0.3, -0.25) is 0 Å². The van der Waals surface area contributed by atoms with E-state index in [1.807, 2.05) is 0 Å². The molecular formula is C5H4N4O2S. The van der Waals surface area contributed by atoms with E-state index < -0.39 is 15.0 Å². The van der Waals surface area contributed by atoms with Crippen molar-refractivity contribution in [2.45, 2.75) is 5.03 Å². The first kappa shape index (κ1) is 8.58. The molecule has 0 radical (unpaired) electrons. The van der Waals surface area contributed by atoms with Crippen molar-refractivity contribution in [1.29, 1.82) is 5.26 Å². The normalized spacial score (nSPS) is 10.7. The van der Waals surface area contributed by atoms with Gasteiger partial charge in [0.25, 0.3) is 10.0 Å². The van der Waals surface area contributed by atoms with Crippen molar-refractivity contribution in [3.05, 3.63) is 17.8 Å². The molecule has 1 aromatic heterocycles. The Labute approximate surface area is 68.7 Å². The Kier molecular flexibility index (Phi) is 2.03. The van der Waals surface area contributed by atoms with Crippen molar-refractivity contribution in [3.63, 3.8) is 0 Å². The number of hydrogen-bond acceptors (Lipinski definition) is 5. The fraction of sp³-hybridized carbons (Fsp3) is 0. The van der Waals surface area contributed by atoms with Crippen LogP contribution in [0.1, 0.15) is 5.56 Å². The highest BCUT2D eigenvalue weighted by atomic mass is 32.2. The minimum Gasteiger partial charge on any atom is -0.223 e. The van der Waals surface area contributed by atoms with Crippen molar-refractivity contribution in [2.24, 2.45) is 5.14 Å². The van der Waals surface area contributed by atoms with Gasteiger partial charge < -0.3 is 0 Å². The molecule has 0 saturated carbocycles. The number of rotatable bonds is 1. The molecule has 2 N–H and O–H groups in total. The molecule has 1 aromatic rings. The topological polar surface area (TPSA) is 110 Å². The van der Waals surface area contributed by atoms with Crippen LogP contribution in [-0.2, 0) is 10.0 Å². The molecule has 6 nitrogen and oxygen atoms in total. The SMILES string of the molecule is N#Cc1ccnnc1S(N)(=O)=O. The molecule has 7 heteroatoms. The van der Waals surface area contributed by atoms with E-state index in [9.17, 15) is 8.42 Å². The molecule has 0 aliphatic heterocycles. The molecule has 0 aromatic carbocycles. The molecule has 0 aliphatic carbocycles. The van der Waals surface area contributed by atoms with Gasteiger partial charge in [-0.15, -0.1) is 5.10 Å². The first-order valence-corrected chi connectivity index (χ1v) is 4.35. The first-order valence-electron chi connectivity index (χ1n) is 2.80. The molecule has 1 rings (SSSR count). The summed E-state index contributed by atoms with van der Waals surface area (Å²) in [5.74, 6) is 0. The highest BCUT2D eigenvalue weighted by Crippen LogP contribution is 2.06. The van der Waals surface area contributed by atoms with E-state index in [-0.39, 0.29) is 5.56 Å². The Bertz CT molecular complexity index is 433. The van der Waals surface area contributed by atoms with Crippen LogP contribution in [0.2, 0.25) is 0 Å². The number of nitrogens with two attached hydrogens (primary N) is 1. The van der Waals surface area contributed by atoms with Crippen LogP contribution >= 0.6 is 0 Å². The van der Waals surface area contributed by atoms with Crippen LogP contribution in [0.5, 0.6) is 0 Å². The van der Waals surface area contributed by atoms with Gasteiger partial charge in [0.2, 0.25) is 5.03 Å². The summed E-state index contributed by atoms with van der Waals surface area (Å²) in [6.07, 6.45) is 1.22. The van der Waals surface area contributed by atoms with Gasteiger partial charge in [-0.05, 0) is 6.07 Å². The zero-order valence-corrected chi connectivity index (χ0v) is 6.61. The number of sulfonamides is 1. The Morgan fingerprint density at radius 2 is 2.25 bits per heavy atom. The monoisotopic (exact) mass is 184 g/mol. The highest BCUT2D eigenvalue weighted by Gasteiger charge is 2.15. The maximum atomic E-state index is 10.7. The maximum Gasteiger partial charge on any atom is 0.258 e. The van der Waals surface area contributed by atoms with E-state index in [4.69, 9.17) is 10.4 Å². The Morgan fingerprint density at radius 1 is 1.58 bits per heavy atom. The summed E-state index contributed by atoms with van der Waals surface area (Å²) < 4.78 is 21.5. The third-order valence-electron chi connectivity index (χ3n) is 1.08. The second kappa shape index (κ2) is 2.84. The quantitative estimate of drug-likeness (QED) is 0.601. The van der Waals surface area contributed by atoms with Gasteiger partial charge in [-0.2, -0.15) is 10.4 Å². The number of aromatic nitrogens is 2. The molecule has 0 bridgehead atoms. The molecule has 0 atom stereocenters. The Balaban J connectivity index is 3.47. The summed E-state index contributed by atoms with van der Waals surface area (Å²) in [7, 11) is -3.94. The molecular weight excluding hydrogens is 180 g/mol. The predicted molar refractivity (Wildman–Crippen MR) is 38.1 cm³/mol. The fourth-order valence-corrected chi connectivity index (χ4v) is 1.20. The standard InChI is InChI=1S/C5H4N4O2S/c6-3-4-1-2-8-9-5(4)12(7,10)11/h1-2H,(H2,7,10,11). The Morgan fingerprint density at radius 3 is 2.67 bits per heavy atom. The second-order valence-corrected chi connectivity index (χ2v) is 3.38. The summed E-state index contributed by atoms with van der Waals surface area (Å²) in [6.45, 7) is 0. The van der Waals surface area contributed by atoms with Gasteiger partial charge in [-0.25, -0.2) is 13.6 Å². The van der Waals surface area contributed by atoms with Gasteiger partial charge in [0.05, 0.1) is 11.8 Å². The van der Waals surface area contributed by atoms with E-state index >= 15 is 0 Å². The van der Waals surface area contributed by atoms with Crippen molar-refractivity contribution in [2.75, 3.05) is 0 Å². The molecule has 12 heavy (non-hydrogen) atoms. The van der Waals surface area contributed by atoms with Crippen molar-refractivity contribution in [3.8, 4) is 6.07 Å². The van der Waals surface area contributed by atoms with Crippen molar-refractivity contribution >= 4 is 10.0 Å². The summed E-state index contributed by atoms with van der Waals surface area (Å²) in [6, 6.07) is 2.87. The average Bonchev–Trinajstić information content (AvgIpc) is 2.03. The molecule has 0 amide bonds. The summed E-state index contributed by atoms with van der Waals surface area (Å²) in [5.41, 5.74) is -0.104. The summed E-state index contributed by atoms with van der Waals surface area (Å²) in [4.78, 5) is 0. The zero-order valence-electron chi connectivity index (χ0n) is 5.80. The highest BCUT2D eigenvalue weighted by molar-refractivity contribution is 7.89. The molecule has 62 valence electrons. The van der Waals surface area contributed by atoms with E-state index in [1.165, 1.54) is 12.3 Å². The Hall–Kier alpha value is -1.52. The largest absolute Gasteiger partial charge is 0.258 e. The molecule has 1 heterocycles.